The van der Waals surface area contributed by atoms with Gasteiger partial charge in [-0.05, 0) is 27.7 Å². The van der Waals surface area contributed by atoms with Crippen molar-refractivity contribution in [2.45, 2.75) is 64.4 Å². The van der Waals surface area contributed by atoms with Crippen molar-refractivity contribution in [2.24, 2.45) is 0 Å². The lowest BCUT2D eigenvalue weighted by Crippen LogP contribution is -2.38. The molecule has 0 radical (unpaired) electrons. The number of nitrogens with zero attached hydrogens (tertiary/aromatic N) is 4. The van der Waals surface area contributed by atoms with E-state index in [2.05, 4.69) is 15.0 Å². The first kappa shape index (κ1) is 18.8. The van der Waals surface area contributed by atoms with Crippen LogP contribution >= 0.6 is 0 Å². The molecule has 2 unspecified atom stereocenters. The fourth-order valence-corrected chi connectivity index (χ4v) is 3.00. The highest BCUT2D eigenvalue weighted by atomic mass is 16.6. The molecule has 10 heteroatoms. The number of imidazole rings is 1. The van der Waals surface area contributed by atoms with E-state index in [-0.39, 0.29) is 24.0 Å². The SMILES string of the molecule is CC(C)OC[C@H]1O[C@@H](n2cnc3c(N)nc(N)nc32)C(O)C1OC(C)C. The van der Waals surface area contributed by atoms with E-state index in [4.69, 9.17) is 25.7 Å². The maximum Gasteiger partial charge on any atom is 0.224 e. The van der Waals surface area contributed by atoms with Crippen molar-refractivity contribution >= 4 is 22.9 Å². The lowest BCUT2D eigenvalue weighted by atomic mass is 10.1. The van der Waals surface area contributed by atoms with E-state index in [1.54, 1.807) is 4.57 Å². The first-order valence-corrected chi connectivity index (χ1v) is 8.64. The van der Waals surface area contributed by atoms with Gasteiger partial charge in [-0.1, -0.05) is 0 Å². The fourth-order valence-electron chi connectivity index (χ4n) is 3.00. The summed E-state index contributed by atoms with van der Waals surface area (Å²) in [5.41, 5.74) is 12.3. The van der Waals surface area contributed by atoms with Gasteiger partial charge in [0.25, 0.3) is 0 Å². The highest BCUT2D eigenvalue weighted by molar-refractivity contribution is 5.82. The number of nitrogens with two attached hydrogens (primary N) is 2. The van der Waals surface area contributed by atoms with Gasteiger partial charge in [-0.3, -0.25) is 4.57 Å². The molecule has 26 heavy (non-hydrogen) atoms. The number of nitrogen functional groups attached to an aromatic ring is 2. The zero-order chi connectivity index (χ0) is 19.0. The molecule has 1 saturated heterocycles. The van der Waals surface area contributed by atoms with E-state index in [1.807, 2.05) is 27.7 Å². The third kappa shape index (κ3) is 3.58. The summed E-state index contributed by atoms with van der Waals surface area (Å²) in [5, 5.41) is 10.8. The van der Waals surface area contributed by atoms with E-state index in [9.17, 15) is 5.11 Å². The van der Waals surface area contributed by atoms with Crippen molar-refractivity contribution in [1.82, 2.24) is 19.5 Å². The summed E-state index contributed by atoms with van der Waals surface area (Å²) < 4.78 is 19.2. The molecular formula is C16H26N6O4. The number of fused-ring (bicyclic) bond motifs is 1. The van der Waals surface area contributed by atoms with Crippen LogP contribution in [0.15, 0.2) is 6.33 Å². The fraction of sp³-hybridized carbons (Fsp3) is 0.688. The molecule has 1 aliphatic heterocycles. The maximum absolute atomic E-state index is 10.8. The van der Waals surface area contributed by atoms with E-state index in [1.165, 1.54) is 6.33 Å². The van der Waals surface area contributed by atoms with Crippen LogP contribution in [0.1, 0.15) is 33.9 Å². The van der Waals surface area contributed by atoms with Crippen LogP contribution in [0.3, 0.4) is 0 Å². The zero-order valence-electron chi connectivity index (χ0n) is 15.4. The topological polar surface area (TPSA) is 144 Å². The summed E-state index contributed by atoms with van der Waals surface area (Å²) in [4.78, 5) is 12.3. The molecule has 0 aliphatic carbocycles. The van der Waals surface area contributed by atoms with Gasteiger partial charge in [0.15, 0.2) is 17.7 Å². The summed E-state index contributed by atoms with van der Waals surface area (Å²) in [5.74, 6) is 0.201. The van der Waals surface area contributed by atoms with Crippen molar-refractivity contribution in [3.05, 3.63) is 6.33 Å². The van der Waals surface area contributed by atoms with Gasteiger partial charge in [-0.2, -0.15) is 9.97 Å². The number of hydrogen-bond acceptors (Lipinski definition) is 9. The summed E-state index contributed by atoms with van der Waals surface area (Å²) >= 11 is 0. The van der Waals surface area contributed by atoms with Crippen LogP contribution in [0.5, 0.6) is 0 Å². The van der Waals surface area contributed by atoms with Gasteiger partial charge in [0.2, 0.25) is 5.95 Å². The Labute approximate surface area is 151 Å². The van der Waals surface area contributed by atoms with E-state index >= 15 is 0 Å². The van der Waals surface area contributed by atoms with Crippen LogP contribution < -0.4 is 11.5 Å². The van der Waals surface area contributed by atoms with Crippen molar-refractivity contribution in [3.63, 3.8) is 0 Å². The highest BCUT2D eigenvalue weighted by Gasteiger charge is 2.46. The molecule has 2 aromatic heterocycles. The van der Waals surface area contributed by atoms with Gasteiger partial charge in [0, 0.05) is 0 Å². The Bertz CT molecular complexity index is 765. The lowest BCUT2D eigenvalue weighted by Gasteiger charge is -2.23. The molecule has 0 aromatic carbocycles. The van der Waals surface area contributed by atoms with Crippen molar-refractivity contribution in [2.75, 3.05) is 18.1 Å². The smallest absolute Gasteiger partial charge is 0.224 e. The molecule has 3 rings (SSSR count). The van der Waals surface area contributed by atoms with Crippen molar-refractivity contribution in [1.29, 1.82) is 0 Å². The summed E-state index contributed by atoms with van der Waals surface area (Å²) in [6.07, 6.45) is -1.21. The predicted octanol–water partition coefficient (Wildman–Crippen LogP) is 0.468. The molecule has 144 valence electrons. The molecule has 3 heterocycles. The Hall–Kier alpha value is -2.01. The number of aliphatic hydroxyl groups is 1. The maximum atomic E-state index is 10.8. The molecule has 10 nitrogen and oxygen atoms in total. The van der Waals surface area contributed by atoms with Crippen LogP contribution in [-0.4, -0.2) is 61.8 Å². The van der Waals surface area contributed by atoms with Crippen LogP contribution in [0.4, 0.5) is 11.8 Å². The van der Waals surface area contributed by atoms with Crippen LogP contribution in [-0.2, 0) is 14.2 Å². The minimum atomic E-state index is -0.937. The Kier molecular flexibility index (Phi) is 5.28. The monoisotopic (exact) mass is 366 g/mol. The quantitative estimate of drug-likeness (QED) is 0.664. The Morgan fingerprint density at radius 3 is 2.62 bits per heavy atom. The predicted molar refractivity (Wildman–Crippen MR) is 95.2 cm³/mol. The van der Waals surface area contributed by atoms with Gasteiger partial charge in [0.05, 0.1) is 25.1 Å². The molecular weight excluding hydrogens is 340 g/mol. The van der Waals surface area contributed by atoms with Gasteiger partial charge >= 0.3 is 0 Å². The van der Waals surface area contributed by atoms with Gasteiger partial charge in [-0.15, -0.1) is 0 Å². The summed E-state index contributed by atoms with van der Waals surface area (Å²) in [6, 6.07) is 0. The molecule has 0 spiro atoms. The minimum absolute atomic E-state index is 0.0268. The second-order valence-electron chi connectivity index (χ2n) is 6.88. The van der Waals surface area contributed by atoms with Crippen molar-refractivity contribution < 1.29 is 19.3 Å². The molecule has 1 fully saturated rings. The normalized spacial score (nSPS) is 26.4. The number of rotatable bonds is 6. The van der Waals surface area contributed by atoms with E-state index in [0.717, 1.165) is 0 Å². The van der Waals surface area contributed by atoms with Crippen LogP contribution in [0.25, 0.3) is 11.2 Å². The molecule has 5 N–H and O–H groups in total. The Morgan fingerprint density at radius 1 is 1.23 bits per heavy atom. The Morgan fingerprint density at radius 2 is 1.96 bits per heavy atom. The molecule has 4 atom stereocenters. The summed E-state index contributed by atoms with van der Waals surface area (Å²) in [6.45, 7) is 7.98. The average Bonchev–Trinajstić information content (AvgIpc) is 3.08. The number of anilines is 2. The molecule has 0 amide bonds. The molecule has 0 bridgehead atoms. The molecule has 0 saturated carbocycles. The van der Waals surface area contributed by atoms with Crippen LogP contribution in [0.2, 0.25) is 0 Å². The molecule has 2 aromatic rings. The number of hydrogen-bond donors (Lipinski definition) is 3. The van der Waals surface area contributed by atoms with Crippen LogP contribution in [0, 0.1) is 0 Å². The second-order valence-corrected chi connectivity index (χ2v) is 6.88. The zero-order valence-corrected chi connectivity index (χ0v) is 15.4. The first-order valence-electron chi connectivity index (χ1n) is 8.64. The summed E-state index contributed by atoms with van der Waals surface area (Å²) in [7, 11) is 0. The van der Waals surface area contributed by atoms with Gasteiger partial charge in [-0.25, -0.2) is 4.98 Å². The average molecular weight is 366 g/mol. The van der Waals surface area contributed by atoms with Gasteiger partial charge < -0.3 is 30.8 Å². The highest BCUT2D eigenvalue weighted by Crippen LogP contribution is 2.34. The van der Waals surface area contributed by atoms with Gasteiger partial charge in [0.1, 0.15) is 23.8 Å². The van der Waals surface area contributed by atoms with Crippen molar-refractivity contribution in [3.8, 4) is 0 Å². The number of ether oxygens (including phenoxy) is 3. The van der Waals surface area contributed by atoms with E-state index in [0.29, 0.717) is 17.8 Å². The number of aliphatic hydroxyl groups excluding tert-OH is 1. The second kappa shape index (κ2) is 7.31. The Balaban J connectivity index is 1.92. The first-order chi connectivity index (χ1) is 12.3. The van der Waals surface area contributed by atoms with E-state index < -0.39 is 24.5 Å². The lowest BCUT2D eigenvalue weighted by molar-refractivity contribution is -0.0973. The number of aromatic nitrogens is 4. The largest absolute Gasteiger partial charge is 0.386 e. The third-order valence-electron chi connectivity index (χ3n) is 4.07. The minimum Gasteiger partial charge on any atom is -0.386 e. The standard InChI is InChI=1S/C16H26N6O4/c1-7(2)24-5-9-12(25-8(3)4)11(23)15(26-9)22-6-19-10-13(17)20-16(18)21-14(10)22/h6-9,11-12,15,23H,5H2,1-4H3,(H4,17,18,20,21)/t9-,11?,12?,15-/m1/s1. The molecule has 1 aliphatic rings. The third-order valence-corrected chi connectivity index (χ3v) is 4.07.